The second-order valence-electron chi connectivity index (χ2n) is 6.62. The number of imide groups is 1. The maximum atomic E-state index is 14.4. The minimum atomic E-state index is -1.07. The van der Waals surface area contributed by atoms with Crippen molar-refractivity contribution in [3.05, 3.63) is 95.4 Å². The van der Waals surface area contributed by atoms with Gasteiger partial charge in [0.1, 0.15) is 28.9 Å². The van der Waals surface area contributed by atoms with Crippen molar-refractivity contribution in [1.29, 1.82) is 0 Å². The van der Waals surface area contributed by atoms with E-state index in [1.807, 2.05) is 0 Å². The Balaban J connectivity index is 1.86. The molecule has 0 aromatic heterocycles. The summed E-state index contributed by atoms with van der Waals surface area (Å²) in [5, 5.41) is 2.89. The largest absolute Gasteiger partial charge is 0.495 e. The monoisotopic (exact) mass is 424 g/mol. The quantitative estimate of drug-likeness (QED) is 0.613. The van der Waals surface area contributed by atoms with Crippen LogP contribution in [0, 0.1) is 17.5 Å². The van der Waals surface area contributed by atoms with Crippen LogP contribution in [0.3, 0.4) is 0 Å². The van der Waals surface area contributed by atoms with Gasteiger partial charge in [-0.2, -0.15) is 0 Å². The summed E-state index contributed by atoms with van der Waals surface area (Å²) in [7, 11) is 1.44. The summed E-state index contributed by atoms with van der Waals surface area (Å²) in [5.41, 5.74) is 0.0154. The first-order valence-electron chi connectivity index (χ1n) is 9.15. The molecule has 0 aliphatic carbocycles. The number of halogens is 3. The standard InChI is InChI=1S/C23H15F3N2O3/c1-31-19-5-3-2-4-17(19)27-21-20(13-6-8-14(24)9-7-13)22(29)28(23(21)30)18-11-10-15(25)12-16(18)26/h2-12,27H,1H3. The molecule has 4 rings (SSSR count). The summed E-state index contributed by atoms with van der Waals surface area (Å²) in [5.74, 6) is -3.72. The number of methoxy groups -OCH3 is 1. The van der Waals surface area contributed by atoms with E-state index in [0.717, 1.165) is 24.3 Å². The molecule has 0 saturated carbocycles. The molecule has 3 aromatic carbocycles. The Bertz CT molecular complexity index is 1220. The number of ether oxygens (including phenoxy) is 1. The van der Waals surface area contributed by atoms with Crippen molar-refractivity contribution in [3.8, 4) is 5.75 Å². The average Bonchev–Trinajstić information content (AvgIpc) is 2.99. The Morgan fingerprint density at radius 3 is 2.19 bits per heavy atom. The van der Waals surface area contributed by atoms with E-state index in [0.29, 0.717) is 22.4 Å². The molecule has 31 heavy (non-hydrogen) atoms. The molecule has 0 saturated heterocycles. The fourth-order valence-electron chi connectivity index (χ4n) is 3.29. The molecular weight excluding hydrogens is 409 g/mol. The predicted octanol–water partition coefficient (Wildman–Crippen LogP) is 4.51. The van der Waals surface area contributed by atoms with E-state index >= 15 is 0 Å². The van der Waals surface area contributed by atoms with Gasteiger partial charge in [0.05, 0.1) is 24.1 Å². The number of amides is 2. The minimum absolute atomic E-state index is 0.0837. The summed E-state index contributed by atoms with van der Waals surface area (Å²) in [6.45, 7) is 0. The number of hydrogen-bond donors (Lipinski definition) is 1. The van der Waals surface area contributed by atoms with Gasteiger partial charge in [-0.3, -0.25) is 9.59 Å². The van der Waals surface area contributed by atoms with Crippen LogP contribution in [0.1, 0.15) is 5.56 Å². The van der Waals surface area contributed by atoms with Crippen LogP contribution in [-0.2, 0) is 9.59 Å². The third-order valence-corrected chi connectivity index (χ3v) is 4.73. The topological polar surface area (TPSA) is 58.6 Å². The first-order valence-corrected chi connectivity index (χ1v) is 9.15. The van der Waals surface area contributed by atoms with Gasteiger partial charge in [0, 0.05) is 6.07 Å². The summed E-state index contributed by atoms with van der Waals surface area (Å²) < 4.78 is 46.5. The van der Waals surface area contributed by atoms with E-state index in [4.69, 9.17) is 4.74 Å². The van der Waals surface area contributed by atoms with Crippen LogP contribution in [0.5, 0.6) is 5.75 Å². The number of carbonyl (C=O) groups excluding carboxylic acids is 2. The second-order valence-corrected chi connectivity index (χ2v) is 6.62. The number of para-hydroxylation sites is 2. The molecule has 1 heterocycles. The highest BCUT2D eigenvalue weighted by Crippen LogP contribution is 2.36. The molecule has 1 aliphatic heterocycles. The average molecular weight is 424 g/mol. The highest BCUT2D eigenvalue weighted by atomic mass is 19.1. The molecule has 5 nitrogen and oxygen atoms in total. The van der Waals surface area contributed by atoms with E-state index in [-0.39, 0.29) is 16.8 Å². The number of nitrogens with zero attached hydrogens (tertiary/aromatic N) is 1. The van der Waals surface area contributed by atoms with Crippen LogP contribution in [0.25, 0.3) is 5.57 Å². The van der Waals surface area contributed by atoms with Crippen LogP contribution in [-0.4, -0.2) is 18.9 Å². The fraction of sp³-hybridized carbons (Fsp3) is 0.0435. The molecule has 1 aliphatic rings. The van der Waals surface area contributed by atoms with E-state index in [9.17, 15) is 22.8 Å². The van der Waals surface area contributed by atoms with Crippen molar-refractivity contribution in [2.24, 2.45) is 0 Å². The zero-order valence-electron chi connectivity index (χ0n) is 16.2. The molecule has 0 unspecified atom stereocenters. The van der Waals surface area contributed by atoms with E-state index in [2.05, 4.69) is 5.32 Å². The molecule has 0 radical (unpaired) electrons. The van der Waals surface area contributed by atoms with Gasteiger partial charge >= 0.3 is 0 Å². The SMILES string of the molecule is COc1ccccc1NC1=C(c2ccc(F)cc2)C(=O)N(c2ccc(F)cc2F)C1=O. The van der Waals surface area contributed by atoms with Gasteiger partial charge in [-0.15, -0.1) is 0 Å². The molecule has 0 spiro atoms. The third-order valence-electron chi connectivity index (χ3n) is 4.73. The lowest BCUT2D eigenvalue weighted by Crippen LogP contribution is -2.33. The normalized spacial score (nSPS) is 13.7. The fourth-order valence-corrected chi connectivity index (χ4v) is 3.29. The highest BCUT2D eigenvalue weighted by Gasteiger charge is 2.41. The molecule has 0 atom stereocenters. The number of rotatable bonds is 5. The molecule has 1 N–H and O–H groups in total. The first-order chi connectivity index (χ1) is 14.9. The molecule has 2 amide bonds. The number of hydrogen-bond acceptors (Lipinski definition) is 4. The van der Waals surface area contributed by atoms with Gasteiger partial charge in [-0.05, 0) is 42.0 Å². The molecule has 8 heteroatoms. The van der Waals surface area contributed by atoms with Crippen LogP contribution < -0.4 is 15.0 Å². The number of benzene rings is 3. The van der Waals surface area contributed by atoms with Gasteiger partial charge in [-0.1, -0.05) is 24.3 Å². The van der Waals surface area contributed by atoms with Crippen molar-refractivity contribution in [1.82, 2.24) is 0 Å². The van der Waals surface area contributed by atoms with Crippen LogP contribution in [0.15, 0.2) is 72.4 Å². The van der Waals surface area contributed by atoms with E-state index in [1.165, 1.54) is 19.2 Å². The maximum Gasteiger partial charge on any atom is 0.282 e. The Morgan fingerprint density at radius 2 is 1.52 bits per heavy atom. The lowest BCUT2D eigenvalue weighted by molar-refractivity contribution is -0.120. The number of nitrogens with one attached hydrogen (secondary N) is 1. The number of carbonyl (C=O) groups is 2. The number of anilines is 2. The minimum Gasteiger partial charge on any atom is -0.495 e. The summed E-state index contributed by atoms with van der Waals surface area (Å²) >= 11 is 0. The molecule has 0 bridgehead atoms. The van der Waals surface area contributed by atoms with Crippen LogP contribution in [0.4, 0.5) is 24.5 Å². The van der Waals surface area contributed by atoms with Gasteiger partial charge in [0.15, 0.2) is 0 Å². The van der Waals surface area contributed by atoms with Crippen LogP contribution >= 0.6 is 0 Å². The Hall–Kier alpha value is -4.07. The third kappa shape index (κ3) is 3.63. The molecular formula is C23H15F3N2O3. The Morgan fingerprint density at radius 1 is 0.839 bits per heavy atom. The molecule has 0 fully saturated rings. The Kier molecular flexibility index (Phi) is 5.21. The van der Waals surface area contributed by atoms with Crippen molar-refractivity contribution in [3.63, 3.8) is 0 Å². The summed E-state index contributed by atoms with van der Waals surface area (Å²) in [6.07, 6.45) is 0. The lowest BCUT2D eigenvalue weighted by Gasteiger charge is -2.16. The van der Waals surface area contributed by atoms with E-state index < -0.39 is 35.0 Å². The first kappa shape index (κ1) is 20.2. The lowest BCUT2D eigenvalue weighted by atomic mass is 10.0. The smallest absolute Gasteiger partial charge is 0.282 e. The van der Waals surface area contributed by atoms with Gasteiger partial charge in [-0.25, -0.2) is 18.1 Å². The van der Waals surface area contributed by atoms with Crippen molar-refractivity contribution < 1.29 is 27.5 Å². The van der Waals surface area contributed by atoms with Crippen LogP contribution in [0.2, 0.25) is 0 Å². The molecule has 3 aromatic rings. The second kappa shape index (κ2) is 7.98. The highest BCUT2D eigenvalue weighted by molar-refractivity contribution is 6.46. The summed E-state index contributed by atoms with van der Waals surface area (Å²) in [6, 6.07) is 14.2. The van der Waals surface area contributed by atoms with E-state index in [1.54, 1.807) is 24.3 Å². The zero-order chi connectivity index (χ0) is 22.1. The Labute approximate surface area is 175 Å². The maximum absolute atomic E-state index is 14.4. The van der Waals surface area contributed by atoms with Crippen molar-refractivity contribution >= 4 is 28.8 Å². The summed E-state index contributed by atoms with van der Waals surface area (Å²) in [4.78, 5) is 27.0. The molecule has 156 valence electrons. The van der Waals surface area contributed by atoms with Gasteiger partial charge in [0.25, 0.3) is 11.8 Å². The van der Waals surface area contributed by atoms with Gasteiger partial charge in [0.2, 0.25) is 0 Å². The zero-order valence-corrected chi connectivity index (χ0v) is 16.2. The van der Waals surface area contributed by atoms with Crippen molar-refractivity contribution in [2.45, 2.75) is 0 Å². The van der Waals surface area contributed by atoms with Gasteiger partial charge < -0.3 is 10.1 Å². The predicted molar refractivity (Wildman–Crippen MR) is 109 cm³/mol. The van der Waals surface area contributed by atoms with Crippen molar-refractivity contribution in [2.75, 3.05) is 17.3 Å².